The van der Waals surface area contributed by atoms with Gasteiger partial charge in [-0.25, -0.2) is 0 Å². The van der Waals surface area contributed by atoms with Crippen molar-refractivity contribution in [3.8, 4) is 0 Å². The first-order valence-electron chi connectivity index (χ1n) is 7.62. The van der Waals surface area contributed by atoms with E-state index in [0.29, 0.717) is 0 Å². The molecule has 0 spiro atoms. The van der Waals surface area contributed by atoms with E-state index in [9.17, 15) is 0 Å². The van der Waals surface area contributed by atoms with Gasteiger partial charge in [0.15, 0.2) is 0 Å². The zero-order valence-corrected chi connectivity index (χ0v) is 18.0. The summed E-state index contributed by atoms with van der Waals surface area (Å²) in [7, 11) is -3.49. The van der Waals surface area contributed by atoms with Crippen LogP contribution in [0.25, 0.3) is 0 Å². The van der Waals surface area contributed by atoms with E-state index >= 15 is 0 Å². The Hall–Kier alpha value is -0.172. The summed E-state index contributed by atoms with van der Waals surface area (Å²) in [5.41, 5.74) is 14.9. The molecule has 2 heterocycles. The van der Waals surface area contributed by atoms with Crippen molar-refractivity contribution in [1.82, 2.24) is 0 Å². The zero-order valence-electron chi connectivity index (χ0n) is 14.0. The monoisotopic (exact) mass is 336 g/mol. The minimum absolute atomic E-state index is 0.873. The van der Waals surface area contributed by atoms with Crippen molar-refractivity contribution in [2.24, 2.45) is 0 Å². The molecule has 0 unspecified atom stereocenters. The highest BCUT2D eigenvalue weighted by molar-refractivity contribution is 7.17. The summed E-state index contributed by atoms with van der Waals surface area (Å²) >= 11 is 0. The van der Waals surface area contributed by atoms with Crippen molar-refractivity contribution in [2.45, 2.75) is 48.9 Å². The van der Waals surface area contributed by atoms with Crippen LogP contribution in [0.2, 0.25) is 48.9 Å². The summed E-state index contributed by atoms with van der Waals surface area (Å²) in [6.45, 7) is 25.3. The van der Waals surface area contributed by atoms with Crippen molar-refractivity contribution >= 4 is 32.3 Å². The molecule has 0 saturated carbocycles. The molecule has 0 atom stereocenters. The molecule has 0 amide bonds. The average Bonchev–Trinajstić information content (AvgIpc) is 2.35. The topological polar surface area (TPSA) is 0 Å². The highest BCUT2D eigenvalue weighted by Crippen LogP contribution is 2.41. The molecule has 2 aliphatic rings. The lowest BCUT2D eigenvalue weighted by molar-refractivity contribution is 1.39. The Morgan fingerprint density at radius 2 is 0.650 bits per heavy atom. The maximum Gasteiger partial charge on any atom is 0.0694 e. The molecule has 0 aromatic heterocycles. The summed E-state index contributed by atoms with van der Waals surface area (Å²) in [4.78, 5) is 0. The van der Waals surface area contributed by atoms with E-state index in [0.717, 1.165) is 0 Å². The smallest absolute Gasteiger partial charge is 0.0694 e. The van der Waals surface area contributed by atoms with Gasteiger partial charge < -0.3 is 0 Å². The van der Waals surface area contributed by atoms with Gasteiger partial charge >= 0.3 is 0 Å². The SMILES string of the molecule is C=C[Si]1(C)C[Si](C)(C=C)C1.C=C[Si]1(C)C[Si](C)(C=C)C1. The summed E-state index contributed by atoms with van der Waals surface area (Å²) in [5, 5.41) is 0. The van der Waals surface area contributed by atoms with Gasteiger partial charge in [-0.05, 0) is 0 Å². The summed E-state index contributed by atoms with van der Waals surface area (Å²) in [6, 6.07) is 0. The quantitative estimate of drug-likeness (QED) is 0.605. The molecule has 2 fully saturated rings. The van der Waals surface area contributed by atoms with Gasteiger partial charge in [0.25, 0.3) is 0 Å². The lowest BCUT2D eigenvalue weighted by atomic mass is 11.3. The molecule has 2 saturated heterocycles. The van der Waals surface area contributed by atoms with Gasteiger partial charge in [-0.3, -0.25) is 0 Å². The second-order valence-electron chi connectivity index (χ2n) is 8.14. The van der Waals surface area contributed by atoms with Gasteiger partial charge in [0.05, 0.1) is 32.3 Å². The van der Waals surface area contributed by atoms with Crippen LogP contribution in [0.1, 0.15) is 0 Å². The molecule has 20 heavy (non-hydrogen) atoms. The van der Waals surface area contributed by atoms with Crippen molar-refractivity contribution in [2.75, 3.05) is 0 Å². The molecule has 2 rings (SSSR count). The van der Waals surface area contributed by atoms with Crippen LogP contribution >= 0.6 is 0 Å². The van der Waals surface area contributed by atoms with Gasteiger partial charge in [0.1, 0.15) is 0 Å². The minimum atomic E-state index is -0.873. The molecule has 0 aromatic carbocycles. The Morgan fingerprint density at radius 3 is 0.750 bits per heavy atom. The van der Waals surface area contributed by atoms with Gasteiger partial charge in [0, 0.05) is 0 Å². The highest BCUT2D eigenvalue weighted by Gasteiger charge is 2.48. The Morgan fingerprint density at radius 1 is 0.500 bits per heavy atom. The van der Waals surface area contributed by atoms with Gasteiger partial charge in [-0.2, -0.15) is 0 Å². The maximum absolute atomic E-state index is 3.90. The van der Waals surface area contributed by atoms with Crippen molar-refractivity contribution in [1.29, 1.82) is 0 Å². The molecule has 4 heteroatoms. The minimum Gasteiger partial charge on any atom is -0.107 e. The van der Waals surface area contributed by atoms with Crippen LogP contribution in [0.4, 0.5) is 0 Å². The fourth-order valence-electron chi connectivity index (χ4n) is 4.16. The third kappa shape index (κ3) is 3.93. The van der Waals surface area contributed by atoms with Gasteiger partial charge in [-0.15, -0.1) is 49.1 Å². The van der Waals surface area contributed by atoms with Crippen molar-refractivity contribution in [3.63, 3.8) is 0 Å². The number of hydrogen-bond acceptors (Lipinski definition) is 0. The molecule has 0 aromatic rings. The van der Waals surface area contributed by atoms with E-state index in [4.69, 9.17) is 0 Å². The molecule has 2 aliphatic heterocycles. The third-order valence-electron chi connectivity index (χ3n) is 5.20. The lowest BCUT2D eigenvalue weighted by Gasteiger charge is -2.47. The molecular formula is C16H32Si4. The van der Waals surface area contributed by atoms with E-state index in [1.165, 1.54) is 22.7 Å². The van der Waals surface area contributed by atoms with E-state index < -0.39 is 32.3 Å². The normalized spacial score (nSPS) is 45.8. The van der Waals surface area contributed by atoms with E-state index in [-0.39, 0.29) is 0 Å². The fourth-order valence-corrected chi connectivity index (χ4v) is 37.5. The van der Waals surface area contributed by atoms with Crippen LogP contribution in [0.3, 0.4) is 0 Å². The van der Waals surface area contributed by atoms with Gasteiger partial charge in [0.2, 0.25) is 0 Å². The Labute approximate surface area is 130 Å². The molecule has 112 valence electrons. The Bertz CT molecular complexity index is 336. The Kier molecular flexibility index (Phi) is 5.28. The van der Waals surface area contributed by atoms with Crippen molar-refractivity contribution in [3.05, 3.63) is 49.1 Å². The Balaban J connectivity index is 0.000000200. The molecule has 0 radical (unpaired) electrons. The zero-order chi connectivity index (χ0) is 15.7. The first-order chi connectivity index (χ1) is 9.07. The summed E-state index contributed by atoms with van der Waals surface area (Å²) < 4.78 is 0. The predicted molar refractivity (Wildman–Crippen MR) is 106 cm³/mol. The molecule has 0 nitrogen and oxygen atoms in total. The lowest BCUT2D eigenvalue weighted by Crippen LogP contribution is -2.57. The fraction of sp³-hybridized carbons (Fsp3) is 0.500. The second kappa shape index (κ2) is 5.91. The average molecular weight is 337 g/mol. The highest BCUT2D eigenvalue weighted by atomic mass is 28.5. The summed E-state index contributed by atoms with van der Waals surface area (Å²) in [5.74, 6) is 0. The van der Waals surface area contributed by atoms with Crippen LogP contribution in [0, 0.1) is 0 Å². The number of rotatable bonds is 4. The molecule has 0 N–H and O–H groups in total. The van der Waals surface area contributed by atoms with Crippen LogP contribution < -0.4 is 0 Å². The largest absolute Gasteiger partial charge is 0.107 e. The van der Waals surface area contributed by atoms with Crippen LogP contribution in [-0.4, -0.2) is 32.3 Å². The predicted octanol–water partition coefficient (Wildman–Crippen LogP) is 5.37. The van der Waals surface area contributed by atoms with E-state index in [2.05, 4.69) is 75.3 Å². The number of hydrogen-bond donors (Lipinski definition) is 0. The first-order valence-corrected chi connectivity index (χ1v) is 19.6. The van der Waals surface area contributed by atoms with Gasteiger partial charge in [-0.1, -0.05) is 48.9 Å². The summed E-state index contributed by atoms with van der Waals surface area (Å²) in [6.07, 6.45) is 0. The second-order valence-corrected chi connectivity index (χ2v) is 28.7. The standard InChI is InChI=1S/2C8H16Si2/c2*1-5-9(3)7-10(4,6-2)8-9/h2*5-6H,1-2,7-8H2,3-4H3. The maximum atomic E-state index is 3.90. The van der Waals surface area contributed by atoms with Crippen molar-refractivity contribution < 1.29 is 0 Å². The van der Waals surface area contributed by atoms with Crippen LogP contribution in [-0.2, 0) is 0 Å². The molecule has 0 aliphatic carbocycles. The third-order valence-corrected chi connectivity index (χ3v) is 35.0. The molecular weight excluding hydrogens is 305 g/mol. The van der Waals surface area contributed by atoms with Crippen LogP contribution in [0.5, 0.6) is 0 Å². The van der Waals surface area contributed by atoms with Crippen LogP contribution in [0.15, 0.2) is 49.1 Å². The first kappa shape index (κ1) is 17.9. The van der Waals surface area contributed by atoms with E-state index in [1.54, 1.807) is 0 Å². The molecule has 0 bridgehead atoms. The van der Waals surface area contributed by atoms with E-state index in [1.807, 2.05) is 0 Å².